The van der Waals surface area contributed by atoms with Crippen molar-refractivity contribution in [2.24, 2.45) is 0 Å². The summed E-state index contributed by atoms with van der Waals surface area (Å²) in [6.45, 7) is 5.21. The number of carbonyl (C=O) groups excluding carboxylic acids is 2. The van der Waals surface area contributed by atoms with E-state index in [1.165, 1.54) is 0 Å². The lowest BCUT2D eigenvalue weighted by Crippen LogP contribution is -2.45. The number of ether oxygens (including phenoxy) is 1. The number of carboxylic acid groups (broad SMARTS) is 1. The number of hydrogen-bond donors (Lipinski definition) is 3. The lowest BCUT2D eigenvalue weighted by Gasteiger charge is -2.35. The predicted octanol–water partition coefficient (Wildman–Crippen LogP) is 5.88. The quantitative estimate of drug-likeness (QED) is 0.258. The Morgan fingerprint density at radius 3 is 1.52 bits per heavy atom. The minimum absolute atomic E-state index is 0.380. The fourth-order valence-electron chi connectivity index (χ4n) is 5.10. The summed E-state index contributed by atoms with van der Waals surface area (Å²) in [4.78, 5) is 37.3. The molecule has 8 nitrogen and oxygen atoms in total. The maximum Gasteiger partial charge on any atom is 0.418 e. The van der Waals surface area contributed by atoms with Crippen molar-refractivity contribution in [3.05, 3.63) is 119 Å². The molecule has 0 saturated carbocycles. The summed E-state index contributed by atoms with van der Waals surface area (Å²) in [6.07, 6.45) is -2.20. The Bertz CT molecular complexity index is 1510. The van der Waals surface area contributed by atoms with Crippen molar-refractivity contribution in [1.82, 2.24) is 10.2 Å². The van der Waals surface area contributed by atoms with Crippen LogP contribution < -0.4 is 5.32 Å². The third-order valence-corrected chi connectivity index (χ3v) is 7.71. The number of benzene rings is 4. The second-order valence-corrected chi connectivity index (χ2v) is 10.6. The van der Waals surface area contributed by atoms with Crippen LogP contribution >= 0.6 is 0 Å². The van der Waals surface area contributed by atoms with Gasteiger partial charge in [0.25, 0.3) is 0 Å². The first-order valence-electron chi connectivity index (χ1n) is 13.6. The zero-order chi connectivity index (χ0) is 30.0. The number of carboxylic acids is 1. The first-order chi connectivity index (χ1) is 20.1. The van der Waals surface area contributed by atoms with Crippen molar-refractivity contribution in [3.63, 3.8) is 0 Å². The topological polar surface area (TPSA) is 116 Å². The minimum Gasteiger partial charge on any atom is -0.480 e. The molecule has 4 aromatic rings. The van der Waals surface area contributed by atoms with Gasteiger partial charge in [0.2, 0.25) is 0 Å². The van der Waals surface area contributed by atoms with Gasteiger partial charge in [0.1, 0.15) is 12.1 Å². The summed E-state index contributed by atoms with van der Waals surface area (Å²) in [7, 11) is 0. The van der Waals surface area contributed by atoms with Gasteiger partial charge in [-0.3, -0.25) is 0 Å². The molecule has 3 amide bonds. The van der Waals surface area contributed by atoms with E-state index in [1.54, 1.807) is 31.2 Å². The molecule has 0 bridgehead atoms. The van der Waals surface area contributed by atoms with Gasteiger partial charge in [-0.1, -0.05) is 108 Å². The molecule has 0 aromatic heterocycles. The summed E-state index contributed by atoms with van der Waals surface area (Å²) in [5.41, 5.74) is 5.41. The van der Waals surface area contributed by atoms with Crippen LogP contribution in [0.1, 0.15) is 29.2 Å². The van der Waals surface area contributed by atoms with Gasteiger partial charge < -0.3 is 20.3 Å². The number of rotatable bonds is 7. The largest absolute Gasteiger partial charge is 0.480 e. The Morgan fingerprint density at radius 2 is 1.17 bits per heavy atom. The average molecular weight is 565 g/mol. The molecular formula is C34H32N2O6. The lowest BCUT2D eigenvalue weighted by molar-refractivity contribution is -0.138. The van der Waals surface area contributed by atoms with Crippen LogP contribution in [0.5, 0.6) is 0 Å². The number of urea groups is 1. The van der Waals surface area contributed by atoms with E-state index in [0.29, 0.717) is 16.0 Å². The number of nitrogens with one attached hydrogen (secondary N) is 1. The van der Waals surface area contributed by atoms with Crippen molar-refractivity contribution in [3.8, 4) is 22.3 Å². The molecule has 0 radical (unpaired) electrons. The van der Waals surface area contributed by atoms with Crippen LogP contribution in [0.25, 0.3) is 22.3 Å². The highest BCUT2D eigenvalue weighted by molar-refractivity contribution is 5.96. The molecule has 2 atom stereocenters. The highest BCUT2D eigenvalue weighted by Gasteiger charge is 2.44. The van der Waals surface area contributed by atoms with Crippen molar-refractivity contribution < 1.29 is 29.3 Å². The van der Waals surface area contributed by atoms with Crippen LogP contribution in [0, 0.1) is 13.8 Å². The second-order valence-electron chi connectivity index (χ2n) is 10.6. The number of aliphatic carboxylic acids is 1. The molecule has 1 saturated heterocycles. The van der Waals surface area contributed by atoms with Crippen molar-refractivity contribution >= 4 is 18.1 Å². The highest BCUT2D eigenvalue weighted by Crippen LogP contribution is 2.37. The Kier molecular flexibility index (Phi) is 7.83. The third kappa shape index (κ3) is 5.62. The number of carbonyl (C=O) groups is 3. The molecule has 1 heterocycles. The molecule has 214 valence electrons. The molecule has 0 spiro atoms. The molecule has 42 heavy (non-hydrogen) atoms. The van der Waals surface area contributed by atoms with Crippen LogP contribution in [-0.4, -0.2) is 51.9 Å². The summed E-state index contributed by atoms with van der Waals surface area (Å²) in [5, 5.41) is 23.8. The van der Waals surface area contributed by atoms with Crippen molar-refractivity contribution in [1.29, 1.82) is 0 Å². The number of aryl methyl sites for hydroxylation is 2. The Balaban J connectivity index is 1.48. The van der Waals surface area contributed by atoms with E-state index < -0.39 is 35.8 Å². The molecular weight excluding hydrogens is 532 g/mol. The molecule has 1 unspecified atom stereocenters. The van der Waals surface area contributed by atoms with Gasteiger partial charge in [-0.05, 0) is 54.2 Å². The maximum atomic E-state index is 13.0. The first-order valence-corrected chi connectivity index (χ1v) is 13.6. The second kappa shape index (κ2) is 11.5. The number of imide groups is 1. The highest BCUT2D eigenvalue weighted by atomic mass is 16.6. The zero-order valence-electron chi connectivity index (χ0n) is 23.6. The zero-order valence-corrected chi connectivity index (χ0v) is 23.6. The lowest BCUT2D eigenvalue weighted by atomic mass is 9.81. The minimum atomic E-state index is -1.80. The van der Waals surface area contributed by atoms with Gasteiger partial charge >= 0.3 is 18.1 Å². The Labute approximate surface area is 244 Å². The predicted molar refractivity (Wildman–Crippen MR) is 159 cm³/mol. The summed E-state index contributed by atoms with van der Waals surface area (Å²) < 4.78 is 5.65. The van der Waals surface area contributed by atoms with Crippen LogP contribution in [0.3, 0.4) is 0 Å². The Hall–Kier alpha value is -4.95. The average Bonchev–Trinajstić information content (AvgIpc) is 3.40. The van der Waals surface area contributed by atoms with Gasteiger partial charge in [0, 0.05) is 0 Å². The Morgan fingerprint density at radius 1 is 0.786 bits per heavy atom. The van der Waals surface area contributed by atoms with Gasteiger partial charge in [-0.15, -0.1) is 0 Å². The molecule has 1 aliphatic rings. The van der Waals surface area contributed by atoms with Crippen LogP contribution in [0.15, 0.2) is 97.1 Å². The summed E-state index contributed by atoms with van der Waals surface area (Å²) in [5.74, 6) is -1.26. The molecule has 5 rings (SSSR count). The molecule has 1 fully saturated rings. The molecule has 0 aliphatic carbocycles. The number of hydrogen-bond acceptors (Lipinski definition) is 5. The van der Waals surface area contributed by atoms with E-state index in [2.05, 4.69) is 5.32 Å². The van der Waals surface area contributed by atoms with Gasteiger partial charge in [-0.2, -0.15) is 0 Å². The maximum absolute atomic E-state index is 13.0. The van der Waals surface area contributed by atoms with E-state index in [4.69, 9.17) is 4.74 Å². The van der Waals surface area contributed by atoms with Gasteiger partial charge in [-0.25, -0.2) is 19.3 Å². The standard InChI is InChI=1S/C34H32N2O6/c1-21-4-8-24(9-5-21)26-12-16-28(17-13-26)34(41,23(3)42-33(40)36-20-30(31(37)38)35-32(36)39)29-18-14-27(15-19-29)25-10-6-22(2)7-11-25/h4-19,23,30,41H,20H2,1-3H3,(H,35,39)(H,37,38)/t23-,30?/m0/s1. The van der Waals surface area contributed by atoms with E-state index >= 15 is 0 Å². The summed E-state index contributed by atoms with van der Waals surface area (Å²) in [6, 6.07) is 28.8. The fourth-order valence-corrected chi connectivity index (χ4v) is 5.10. The van der Waals surface area contributed by atoms with E-state index in [9.17, 15) is 24.6 Å². The fraction of sp³-hybridized carbons (Fsp3) is 0.206. The molecule has 1 aliphatic heterocycles. The number of aliphatic hydroxyl groups is 1. The van der Waals surface area contributed by atoms with E-state index in [0.717, 1.165) is 33.4 Å². The van der Waals surface area contributed by atoms with E-state index in [-0.39, 0.29) is 6.54 Å². The van der Waals surface area contributed by atoms with Crippen LogP contribution in [-0.2, 0) is 15.1 Å². The molecule has 3 N–H and O–H groups in total. The third-order valence-electron chi connectivity index (χ3n) is 7.71. The summed E-state index contributed by atoms with van der Waals surface area (Å²) >= 11 is 0. The normalized spacial score (nSPS) is 15.7. The monoisotopic (exact) mass is 564 g/mol. The number of nitrogens with zero attached hydrogens (tertiary/aromatic N) is 1. The van der Waals surface area contributed by atoms with Gasteiger partial charge in [0.05, 0.1) is 6.54 Å². The van der Waals surface area contributed by atoms with Crippen molar-refractivity contribution in [2.45, 2.75) is 38.5 Å². The molecule has 4 aromatic carbocycles. The van der Waals surface area contributed by atoms with Crippen LogP contribution in [0.4, 0.5) is 9.59 Å². The molecule has 8 heteroatoms. The van der Waals surface area contributed by atoms with Crippen LogP contribution in [0.2, 0.25) is 0 Å². The first kappa shape index (κ1) is 28.6. The van der Waals surface area contributed by atoms with E-state index in [1.807, 2.05) is 86.6 Å². The number of amides is 3. The van der Waals surface area contributed by atoms with Crippen molar-refractivity contribution in [2.75, 3.05) is 6.54 Å². The smallest absolute Gasteiger partial charge is 0.418 e. The SMILES string of the molecule is Cc1ccc(-c2ccc(C(O)(c3ccc(-c4ccc(C)cc4)cc3)[C@H](C)OC(=O)N3CC(C(=O)O)NC3=O)cc2)cc1. The van der Waals surface area contributed by atoms with Gasteiger partial charge in [0.15, 0.2) is 5.60 Å².